The predicted octanol–water partition coefficient (Wildman–Crippen LogP) is 3.27. The van der Waals surface area contributed by atoms with Crippen LogP contribution < -0.4 is 5.32 Å². The van der Waals surface area contributed by atoms with Crippen LogP contribution >= 0.6 is 0 Å². The summed E-state index contributed by atoms with van der Waals surface area (Å²) in [4.78, 5) is 31.0. The number of amides is 2. The maximum atomic E-state index is 12.8. The van der Waals surface area contributed by atoms with Gasteiger partial charge in [-0.05, 0) is 45.4 Å². The van der Waals surface area contributed by atoms with E-state index in [1.807, 2.05) is 58.0 Å². The Bertz CT molecular complexity index is 736. The first kappa shape index (κ1) is 18.6. The molecule has 0 atom stereocenters. The predicted molar refractivity (Wildman–Crippen MR) is 98.3 cm³/mol. The highest BCUT2D eigenvalue weighted by atomic mass is 16.2. The smallest absolute Gasteiger partial charge is 0.272 e. The molecule has 0 aliphatic carbocycles. The third-order valence-corrected chi connectivity index (χ3v) is 3.57. The number of aromatic nitrogens is 1. The van der Waals surface area contributed by atoms with Crippen LogP contribution in [-0.4, -0.2) is 33.8 Å². The molecular formula is C20H25N3O2. The number of nitrogens with one attached hydrogen (secondary N) is 1. The molecule has 5 nitrogen and oxygen atoms in total. The second-order valence-corrected chi connectivity index (χ2v) is 6.92. The van der Waals surface area contributed by atoms with Crippen LogP contribution in [0.5, 0.6) is 0 Å². The molecule has 0 radical (unpaired) electrons. The molecule has 0 spiro atoms. The van der Waals surface area contributed by atoms with Crippen molar-refractivity contribution in [2.75, 3.05) is 6.54 Å². The van der Waals surface area contributed by atoms with Crippen LogP contribution in [0, 0.1) is 0 Å². The number of pyridine rings is 1. The van der Waals surface area contributed by atoms with Gasteiger partial charge < -0.3 is 10.2 Å². The zero-order valence-corrected chi connectivity index (χ0v) is 15.2. The van der Waals surface area contributed by atoms with Crippen LogP contribution in [0.1, 0.15) is 54.2 Å². The number of benzene rings is 1. The second kappa shape index (κ2) is 7.92. The van der Waals surface area contributed by atoms with Crippen LogP contribution in [0.25, 0.3) is 0 Å². The largest absolute Gasteiger partial charge is 0.346 e. The van der Waals surface area contributed by atoms with Gasteiger partial charge in [-0.25, -0.2) is 4.98 Å². The van der Waals surface area contributed by atoms with Gasteiger partial charge in [-0.2, -0.15) is 0 Å². The molecule has 5 heteroatoms. The standard InChI is InChI=1S/C20H25N3O2/c1-5-23(14-15-10-7-6-8-11-15)19(25)17-13-9-12-16(21-17)18(24)22-20(2,3)4/h6-13H,5,14H2,1-4H3,(H,22,24). The lowest BCUT2D eigenvalue weighted by Gasteiger charge is -2.22. The fourth-order valence-electron chi connectivity index (χ4n) is 2.38. The van der Waals surface area contributed by atoms with Gasteiger partial charge in [0.25, 0.3) is 11.8 Å². The van der Waals surface area contributed by atoms with Gasteiger partial charge in [0.1, 0.15) is 11.4 Å². The minimum absolute atomic E-state index is 0.184. The van der Waals surface area contributed by atoms with Gasteiger partial charge in [-0.15, -0.1) is 0 Å². The molecular weight excluding hydrogens is 314 g/mol. The molecule has 0 saturated heterocycles. The van der Waals surface area contributed by atoms with Gasteiger partial charge in [0, 0.05) is 18.6 Å². The quantitative estimate of drug-likeness (QED) is 0.909. The van der Waals surface area contributed by atoms with Crippen LogP contribution in [0.4, 0.5) is 0 Å². The molecule has 0 saturated carbocycles. The molecule has 0 aliphatic heterocycles. The van der Waals surface area contributed by atoms with Gasteiger partial charge in [0.05, 0.1) is 0 Å². The Morgan fingerprint density at radius 3 is 2.24 bits per heavy atom. The third-order valence-electron chi connectivity index (χ3n) is 3.57. The van der Waals surface area contributed by atoms with Crippen LogP contribution in [0.2, 0.25) is 0 Å². The Morgan fingerprint density at radius 1 is 1.00 bits per heavy atom. The van der Waals surface area contributed by atoms with Crippen molar-refractivity contribution in [1.29, 1.82) is 0 Å². The van der Waals surface area contributed by atoms with E-state index in [4.69, 9.17) is 0 Å². The summed E-state index contributed by atoms with van der Waals surface area (Å²) >= 11 is 0. The second-order valence-electron chi connectivity index (χ2n) is 6.92. The SMILES string of the molecule is CCN(Cc1ccccc1)C(=O)c1cccc(C(=O)NC(C)(C)C)n1. The van der Waals surface area contributed by atoms with Gasteiger partial charge in [-0.3, -0.25) is 9.59 Å². The average Bonchev–Trinajstić information content (AvgIpc) is 2.58. The summed E-state index contributed by atoms with van der Waals surface area (Å²) in [6.07, 6.45) is 0. The molecule has 2 rings (SSSR count). The van der Waals surface area contributed by atoms with E-state index in [1.165, 1.54) is 0 Å². The zero-order chi connectivity index (χ0) is 18.4. The highest BCUT2D eigenvalue weighted by Crippen LogP contribution is 2.10. The Balaban J connectivity index is 2.17. The monoisotopic (exact) mass is 339 g/mol. The van der Waals surface area contributed by atoms with Crippen molar-refractivity contribution in [3.05, 3.63) is 65.5 Å². The normalized spacial score (nSPS) is 11.0. The number of rotatable bonds is 5. The molecule has 0 unspecified atom stereocenters. The summed E-state index contributed by atoms with van der Waals surface area (Å²) in [6, 6.07) is 14.8. The number of hydrogen-bond donors (Lipinski definition) is 1. The molecule has 0 bridgehead atoms. The molecule has 132 valence electrons. The van der Waals surface area contributed by atoms with E-state index >= 15 is 0 Å². The van der Waals surface area contributed by atoms with E-state index in [2.05, 4.69) is 10.3 Å². The average molecular weight is 339 g/mol. The first-order valence-corrected chi connectivity index (χ1v) is 8.43. The molecule has 25 heavy (non-hydrogen) atoms. The Labute approximate surface area is 149 Å². The Kier molecular flexibility index (Phi) is 5.91. The van der Waals surface area contributed by atoms with Crippen molar-refractivity contribution in [2.24, 2.45) is 0 Å². The molecule has 1 heterocycles. The molecule has 2 amide bonds. The van der Waals surface area contributed by atoms with Gasteiger partial charge in [-0.1, -0.05) is 36.4 Å². The summed E-state index contributed by atoms with van der Waals surface area (Å²) in [5.41, 5.74) is 1.22. The fraction of sp³-hybridized carbons (Fsp3) is 0.350. The Hall–Kier alpha value is -2.69. The summed E-state index contributed by atoms with van der Waals surface area (Å²) in [5.74, 6) is -0.468. The van der Waals surface area contributed by atoms with Gasteiger partial charge in [0.2, 0.25) is 0 Å². The first-order valence-electron chi connectivity index (χ1n) is 8.43. The topological polar surface area (TPSA) is 62.3 Å². The number of hydrogen-bond acceptors (Lipinski definition) is 3. The fourth-order valence-corrected chi connectivity index (χ4v) is 2.38. The summed E-state index contributed by atoms with van der Waals surface area (Å²) in [5, 5.41) is 2.86. The van der Waals surface area contributed by atoms with Crippen molar-refractivity contribution in [3.63, 3.8) is 0 Å². The van der Waals surface area contributed by atoms with Crippen LogP contribution in [0.15, 0.2) is 48.5 Å². The highest BCUT2D eigenvalue weighted by molar-refractivity contribution is 5.96. The molecule has 0 fully saturated rings. The van der Waals surface area contributed by atoms with E-state index in [0.29, 0.717) is 13.1 Å². The van der Waals surface area contributed by atoms with Crippen molar-refractivity contribution >= 4 is 11.8 Å². The maximum Gasteiger partial charge on any atom is 0.272 e. The number of carbonyl (C=O) groups is 2. The lowest BCUT2D eigenvalue weighted by molar-refractivity contribution is 0.0746. The summed E-state index contributed by atoms with van der Waals surface area (Å²) < 4.78 is 0. The summed E-state index contributed by atoms with van der Waals surface area (Å²) in [7, 11) is 0. The van der Waals surface area contributed by atoms with Crippen LogP contribution in [-0.2, 0) is 6.54 Å². The number of nitrogens with zero attached hydrogens (tertiary/aromatic N) is 2. The molecule has 1 aromatic heterocycles. The highest BCUT2D eigenvalue weighted by Gasteiger charge is 2.20. The lowest BCUT2D eigenvalue weighted by Crippen LogP contribution is -2.41. The lowest BCUT2D eigenvalue weighted by atomic mass is 10.1. The van der Waals surface area contributed by atoms with E-state index in [9.17, 15) is 9.59 Å². The van der Waals surface area contributed by atoms with E-state index in [-0.39, 0.29) is 28.7 Å². The van der Waals surface area contributed by atoms with Crippen molar-refractivity contribution in [3.8, 4) is 0 Å². The van der Waals surface area contributed by atoms with E-state index < -0.39 is 0 Å². The van der Waals surface area contributed by atoms with E-state index in [1.54, 1.807) is 23.1 Å². The molecule has 1 N–H and O–H groups in total. The first-order chi connectivity index (χ1) is 11.8. The third kappa shape index (κ3) is 5.41. The molecule has 0 aliphatic rings. The zero-order valence-electron chi connectivity index (χ0n) is 15.2. The Morgan fingerprint density at radius 2 is 1.64 bits per heavy atom. The molecule has 1 aromatic carbocycles. The maximum absolute atomic E-state index is 12.8. The van der Waals surface area contributed by atoms with Gasteiger partial charge in [0.15, 0.2) is 0 Å². The minimum atomic E-state index is -0.360. The summed E-state index contributed by atoms with van der Waals surface area (Å²) in [6.45, 7) is 8.71. The van der Waals surface area contributed by atoms with Crippen molar-refractivity contribution < 1.29 is 9.59 Å². The van der Waals surface area contributed by atoms with Crippen LogP contribution in [0.3, 0.4) is 0 Å². The van der Waals surface area contributed by atoms with Crippen molar-refractivity contribution in [1.82, 2.24) is 15.2 Å². The van der Waals surface area contributed by atoms with Gasteiger partial charge >= 0.3 is 0 Å². The van der Waals surface area contributed by atoms with Crippen molar-refractivity contribution in [2.45, 2.75) is 39.8 Å². The number of carbonyl (C=O) groups excluding carboxylic acids is 2. The minimum Gasteiger partial charge on any atom is -0.346 e. The molecule has 2 aromatic rings. The van der Waals surface area contributed by atoms with E-state index in [0.717, 1.165) is 5.56 Å².